The number of pyridine rings is 1. The third-order valence-electron chi connectivity index (χ3n) is 9.46. The molecular formula is C41H56ClF2N5O4S. The number of aromatic nitrogens is 1. The number of rotatable bonds is 9. The van der Waals surface area contributed by atoms with Crippen LogP contribution in [0.25, 0.3) is 11.3 Å². The highest BCUT2D eigenvalue weighted by Crippen LogP contribution is 2.29. The lowest BCUT2D eigenvalue weighted by Gasteiger charge is -2.36. The van der Waals surface area contributed by atoms with Crippen LogP contribution in [0.15, 0.2) is 71.8 Å². The molecule has 13 heteroatoms. The highest BCUT2D eigenvalue weighted by atomic mass is 35.5. The molecule has 3 fully saturated rings. The third kappa shape index (κ3) is 14.7. The van der Waals surface area contributed by atoms with E-state index >= 15 is 0 Å². The van der Waals surface area contributed by atoms with Crippen LogP contribution in [0.2, 0.25) is 5.02 Å². The van der Waals surface area contributed by atoms with Gasteiger partial charge in [0.05, 0.1) is 29.9 Å². The van der Waals surface area contributed by atoms with E-state index in [2.05, 4.69) is 68.0 Å². The van der Waals surface area contributed by atoms with Gasteiger partial charge in [-0.3, -0.25) is 9.88 Å². The number of likely N-dealkylation sites (tertiary alicyclic amines) is 1. The van der Waals surface area contributed by atoms with Gasteiger partial charge in [0, 0.05) is 55.9 Å². The first kappa shape index (κ1) is 43.4. The number of carbonyl (C=O) groups excluding carboxylic acids is 2. The predicted octanol–water partition coefficient (Wildman–Crippen LogP) is 8.85. The first-order valence-corrected chi connectivity index (χ1v) is 19.9. The fraction of sp³-hybridized carbons (Fsp3) is 0.537. The third-order valence-corrected chi connectivity index (χ3v) is 10.8. The van der Waals surface area contributed by atoms with Crippen LogP contribution in [0, 0.1) is 5.92 Å². The van der Waals surface area contributed by atoms with Crippen molar-refractivity contribution in [1.82, 2.24) is 24.4 Å². The van der Waals surface area contributed by atoms with Crippen LogP contribution < -0.4 is 10.1 Å². The van der Waals surface area contributed by atoms with Crippen molar-refractivity contribution in [2.24, 2.45) is 5.92 Å². The molecule has 1 aromatic heterocycles. The predicted molar refractivity (Wildman–Crippen MR) is 213 cm³/mol. The Morgan fingerprint density at radius 1 is 0.944 bits per heavy atom. The molecular weight excluding hydrogens is 732 g/mol. The first-order chi connectivity index (χ1) is 25.8. The molecule has 3 aromatic rings. The summed E-state index contributed by atoms with van der Waals surface area (Å²) < 4.78 is 40.7. The number of piperidine rings is 1. The number of alkyl halides is 2. The summed E-state index contributed by atoms with van der Waals surface area (Å²) >= 11 is 7.82. The van der Waals surface area contributed by atoms with Crippen LogP contribution in [0.4, 0.5) is 13.6 Å². The summed E-state index contributed by atoms with van der Waals surface area (Å²) in [7, 11) is 1.64. The number of amides is 1. The van der Waals surface area contributed by atoms with E-state index in [-0.39, 0.29) is 13.0 Å². The van der Waals surface area contributed by atoms with Gasteiger partial charge in [-0.1, -0.05) is 55.1 Å². The van der Waals surface area contributed by atoms with E-state index in [1.54, 1.807) is 38.9 Å². The molecule has 296 valence electrons. The Labute approximate surface area is 329 Å². The minimum absolute atomic E-state index is 0.225. The topological polar surface area (TPSA) is 87.2 Å². The summed E-state index contributed by atoms with van der Waals surface area (Å²) in [5.41, 5.74) is 2.74. The first-order valence-electron chi connectivity index (χ1n) is 18.7. The molecule has 9 nitrogen and oxygen atoms in total. The zero-order chi connectivity index (χ0) is 39.1. The number of ether oxygens (including phenoxy) is 2. The lowest BCUT2D eigenvalue weighted by molar-refractivity contribution is -0.0980. The van der Waals surface area contributed by atoms with Crippen molar-refractivity contribution >= 4 is 36.4 Å². The largest absolute Gasteiger partial charge is 0.493 e. The van der Waals surface area contributed by atoms with Gasteiger partial charge in [0.25, 0.3) is 5.92 Å². The molecule has 1 N–H and O–H groups in total. The molecule has 2 aromatic carbocycles. The Hall–Kier alpha value is -3.29. The summed E-state index contributed by atoms with van der Waals surface area (Å²) in [6.45, 7) is 13.4. The number of carbonyl (C=O) groups is 2. The highest BCUT2D eigenvalue weighted by Gasteiger charge is 2.45. The maximum Gasteiger partial charge on any atom is 0.408 e. The van der Waals surface area contributed by atoms with Crippen LogP contribution in [0.3, 0.4) is 0 Å². The average molecular weight is 788 g/mol. The lowest BCUT2D eigenvalue weighted by atomic mass is 9.90. The van der Waals surface area contributed by atoms with Crippen molar-refractivity contribution in [3.05, 3.63) is 77.4 Å². The number of piperazine rings is 1. The van der Waals surface area contributed by atoms with Crippen molar-refractivity contribution in [3.63, 3.8) is 0 Å². The quantitative estimate of drug-likeness (QED) is 0.214. The van der Waals surface area contributed by atoms with E-state index in [1.807, 2.05) is 30.9 Å². The van der Waals surface area contributed by atoms with E-state index in [4.69, 9.17) is 25.9 Å². The molecule has 0 radical (unpaired) electrons. The van der Waals surface area contributed by atoms with Crippen molar-refractivity contribution < 1.29 is 27.8 Å². The van der Waals surface area contributed by atoms with Crippen molar-refractivity contribution in [2.75, 3.05) is 52.9 Å². The fourth-order valence-electron chi connectivity index (χ4n) is 6.62. The number of halogens is 3. The zero-order valence-corrected chi connectivity index (χ0v) is 33.6. The van der Waals surface area contributed by atoms with Crippen molar-refractivity contribution in [2.45, 2.75) is 88.3 Å². The number of nitrogens with zero attached hydrogens (tertiary/aromatic N) is 4. The van der Waals surface area contributed by atoms with Gasteiger partial charge >= 0.3 is 6.09 Å². The Kier molecular flexibility index (Phi) is 17.0. The minimum Gasteiger partial charge on any atom is -0.493 e. The van der Waals surface area contributed by atoms with E-state index < -0.39 is 23.7 Å². The van der Waals surface area contributed by atoms with E-state index in [1.165, 1.54) is 42.6 Å². The Bertz CT molecular complexity index is 1550. The van der Waals surface area contributed by atoms with E-state index in [9.17, 15) is 13.6 Å². The van der Waals surface area contributed by atoms with Crippen LogP contribution >= 0.6 is 23.5 Å². The van der Waals surface area contributed by atoms with Gasteiger partial charge < -0.3 is 24.5 Å². The standard InChI is InChI=1S/C29H34ClN3OS.C11H20F2N2O2.CH2O/c30-26-10-15-29(31-20-26)25-8-6-23(7-9-25)21-32-16-18-33(19-17-32)35-28-13-11-27(12-14-28)34-22-24-4-2-1-3-5-24;1-10(2,3)17-9(16)14-8-5-6-15(4)7-11(8,12)13;1-2/h6-15,20,24H,1-5,16-19,21-22H2;8H,5-7H2,1-4H3,(H,14,16);1H2. The number of hydrogen-bond acceptors (Lipinski definition) is 9. The molecule has 1 amide bonds. The summed E-state index contributed by atoms with van der Waals surface area (Å²) in [5.74, 6) is -1.17. The van der Waals surface area contributed by atoms with Gasteiger partial charge in [0.15, 0.2) is 0 Å². The van der Waals surface area contributed by atoms with Crippen molar-refractivity contribution in [1.29, 1.82) is 0 Å². The molecule has 1 saturated carbocycles. The summed E-state index contributed by atoms with van der Waals surface area (Å²) in [5, 5.41) is 2.91. The number of hydrogen-bond donors (Lipinski definition) is 1. The molecule has 3 heterocycles. The molecule has 1 atom stereocenters. The van der Waals surface area contributed by atoms with Crippen LogP contribution in [0.5, 0.6) is 5.75 Å². The summed E-state index contributed by atoms with van der Waals surface area (Å²) in [6.07, 6.45) is 7.92. The van der Waals surface area contributed by atoms with Gasteiger partial charge in [-0.25, -0.2) is 17.9 Å². The van der Waals surface area contributed by atoms with Gasteiger partial charge in [0.1, 0.15) is 18.1 Å². The Morgan fingerprint density at radius 3 is 2.20 bits per heavy atom. The molecule has 0 bridgehead atoms. The maximum absolute atomic E-state index is 13.6. The Balaban J connectivity index is 0.000000289. The molecule has 3 aliphatic rings. The fourth-order valence-corrected chi connectivity index (χ4v) is 7.63. The molecule has 6 rings (SSSR count). The molecule has 2 saturated heterocycles. The number of nitrogens with one attached hydrogen (secondary N) is 1. The molecule has 2 aliphatic heterocycles. The second-order valence-corrected chi connectivity index (χ2v) is 16.7. The van der Waals surface area contributed by atoms with Crippen molar-refractivity contribution in [3.8, 4) is 17.0 Å². The maximum atomic E-state index is 13.6. The normalized spacial score (nSPS) is 19.7. The average Bonchev–Trinajstić information content (AvgIpc) is 3.15. The number of benzene rings is 2. The van der Waals surface area contributed by atoms with Gasteiger partial charge in [-0.2, -0.15) is 0 Å². The summed E-state index contributed by atoms with van der Waals surface area (Å²) in [4.78, 5) is 29.2. The second kappa shape index (κ2) is 21.1. The molecule has 0 spiro atoms. The highest BCUT2D eigenvalue weighted by molar-refractivity contribution is 7.97. The minimum atomic E-state index is -2.91. The Morgan fingerprint density at radius 2 is 1.61 bits per heavy atom. The van der Waals surface area contributed by atoms with Gasteiger partial charge in [0.2, 0.25) is 0 Å². The van der Waals surface area contributed by atoms with Crippen LogP contribution in [-0.4, -0.2) is 102 Å². The van der Waals surface area contributed by atoms with E-state index in [0.29, 0.717) is 11.6 Å². The van der Waals surface area contributed by atoms with Crippen LogP contribution in [-0.2, 0) is 16.1 Å². The smallest absolute Gasteiger partial charge is 0.408 e. The van der Waals surface area contributed by atoms with Crippen LogP contribution in [0.1, 0.15) is 64.9 Å². The van der Waals surface area contributed by atoms with Gasteiger partial charge in [-0.05, 0) is 107 Å². The van der Waals surface area contributed by atoms with Gasteiger partial charge in [-0.15, -0.1) is 0 Å². The molecule has 1 aliphatic carbocycles. The lowest BCUT2D eigenvalue weighted by Crippen LogP contribution is -2.57. The molecule has 54 heavy (non-hydrogen) atoms. The zero-order valence-electron chi connectivity index (χ0n) is 32.1. The van der Waals surface area contributed by atoms with E-state index in [0.717, 1.165) is 62.3 Å². The number of alkyl carbamates (subject to hydrolysis) is 1. The monoisotopic (exact) mass is 787 g/mol. The summed E-state index contributed by atoms with van der Waals surface area (Å²) in [6, 6.07) is 20.1. The molecule has 1 unspecified atom stereocenters. The SMILES string of the molecule is C=O.CN1CCC(NC(=O)OC(C)(C)C)C(F)(F)C1.Clc1ccc(-c2ccc(CN3CCN(Sc4ccc(OCC5CCCCC5)cc4)CC3)cc2)nc1. The second-order valence-electron chi connectivity index (χ2n) is 15.1.